The monoisotopic (exact) mass is 473 g/mol. The van der Waals surface area contributed by atoms with Gasteiger partial charge in [0, 0.05) is 47.8 Å². The highest BCUT2D eigenvalue weighted by Crippen LogP contribution is 2.27. The van der Waals surface area contributed by atoms with Crippen LogP contribution in [0.2, 0.25) is 0 Å². The van der Waals surface area contributed by atoms with Crippen LogP contribution >= 0.6 is 0 Å². The van der Waals surface area contributed by atoms with E-state index in [-0.39, 0.29) is 36.7 Å². The van der Waals surface area contributed by atoms with Crippen molar-refractivity contribution in [2.24, 2.45) is 5.92 Å². The summed E-state index contributed by atoms with van der Waals surface area (Å²) in [4.78, 5) is 29.7. The Kier molecular flexibility index (Phi) is 8.89. The number of carbonyl (C=O) groups excluding carboxylic acids is 2. The van der Waals surface area contributed by atoms with Gasteiger partial charge in [0.2, 0.25) is 5.91 Å². The average molecular weight is 474 g/mol. The number of nitrogens with zero attached hydrogens (tertiary/aromatic N) is 3. The summed E-state index contributed by atoms with van der Waals surface area (Å²) in [6, 6.07) is 6.90. The summed E-state index contributed by atoms with van der Waals surface area (Å²) in [5, 5.41) is 9.33. The molecule has 0 unspecified atom stereocenters. The van der Waals surface area contributed by atoms with Gasteiger partial charge >= 0.3 is 0 Å². The fourth-order valence-corrected chi connectivity index (χ4v) is 4.64. The molecule has 1 aromatic carbocycles. The highest BCUT2D eigenvalue weighted by Gasteiger charge is 2.35. The molecule has 2 aliphatic heterocycles. The lowest BCUT2D eigenvalue weighted by molar-refractivity contribution is -0.154. The average Bonchev–Trinajstić information content (AvgIpc) is 2.85. The third kappa shape index (κ3) is 5.87. The van der Waals surface area contributed by atoms with Crippen LogP contribution in [-0.2, 0) is 19.0 Å². The molecule has 0 N–H and O–H groups in total. The molecule has 2 bridgehead atoms. The summed E-state index contributed by atoms with van der Waals surface area (Å²) in [5.74, 6) is -0.454. The molecular formula is C25H35N3O6. The minimum atomic E-state index is -0.515. The van der Waals surface area contributed by atoms with Crippen LogP contribution in [0.3, 0.4) is 0 Å². The lowest BCUT2D eigenvalue weighted by Crippen LogP contribution is -2.50. The Balaban J connectivity index is 1.93. The van der Waals surface area contributed by atoms with Crippen LogP contribution in [0.15, 0.2) is 18.2 Å². The largest absolute Gasteiger partial charge is 0.493 e. The van der Waals surface area contributed by atoms with E-state index in [1.807, 2.05) is 0 Å². The first-order chi connectivity index (χ1) is 16.3. The van der Waals surface area contributed by atoms with Gasteiger partial charge in [0.15, 0.2) is 0 Å². The maximum absolute atomic E-state index is 13.3. The Morgan fingerprint density at radius 2 is 1.76 bits per heavy atom. The van der Waals surface area contributed by atoms with Crippen molar-refractivity contribution in [3.63, 3.8) is 0 Å². The molecule has 5 atom stereocenters. The number of rotatable bonds is 2. The Bertz CT molecular complexity index is 916. The van der Waals surface area contributed by atoms with Crippen molar-refractivity contribution >= 4 is 11.8 Å². The predicted molar refractivity (Wildman–Crippen MR) is 125 cm³/mol. The van der Waals surface area contributed by atoms with E-state index in [1.54, 1.807) is 45.2 Å². The summed E-state index contributed by atoms with van der Waals surface area (Å²) < 4.78 is 23.6. The van der Waals surface area contributed by atoms with Gasteiger partial charge in [-0.1, -0.05) is 6.92 Å². The van der Waals surface area contributed by atoms with Crippen molar-refractivity contribution in [2.45, 2.75) is 50.6 Å². The maximum atomic E-state index is 13.3. The molecular weight excluding hydrogens is 438 g/mol. The van der Waals surface area contributed by atoms with E-state index in [9.17, 15) is 14.9 Å². The number of ether oxygens (including phenoxy) is 4. The van der Waals surface area contributed by atoms with E-state index in [0.29, 0.717) is 36.4 Å². The van der Waals surface area contributed by atoms with Crippen molar-refractivity contribution in [1.29, 1.82) is 5.26 Å². The molecule has 2 amide bonds. The number of hydrogen-bond acceptors (Lipinski definition) is 7. The minimum absolute atomic E-state index is 0.0443. The first-order valence-corrected chi connectivity index (χ1v) is 11.7. The zero-order valence-corrected chi connectivity index (χ0v) is 20.7. The van der Waals surface area contributed by atoms with E-state index in [1.165, 1.54) is 18.1 Å². The second kappa shape index (κ2) is 11.6. The summed E-state index contributed by atoms with van der Waals surface area (Å²) in [6.07, 6.45) is 1.39. The van der Waals surface area contributed by atoms with Gasteiger partial charge in [0.1, 0.15) is 11.9 Å². The van der Waals surface area contributed by atoms with Gasteiger partial charge < -0.3 is 28.7 Å². The molecule has 2 heterocycles. The van der Waals surface area contributed by atoms with Crippen molar-refractivity contribution in [3.8, 4) is 11.8 Å². The van der Waals surface area contributed by atoms with Crippen molar-refractivity contribution in [2.75, 3.05) is 48.0 Å². The number of methoxy groups -OCH3 is 2. The quantitative estimate of drug-likeness (QED) is 0.648. The standard InChI is InChI=1S/C25H35N3O6/c1-16-22(32-5)14-28(3)25(30)19-12-17(13-26)6-8-20(19)33-11-10-18-7-9-21(31-4)23(34-18)15-27(2)24(16)29/h6,8,12,16,18,21-23H,7,9-11,14-15H2,1-5H3/t16-,18-,21+,22-,23-/m0/s1. The van der Waals surface area contributed by atoms with Gasteiger partial charge in [0.05, 0.1) is 48.0 Å². The molecule has 0 aromatic heterocycles. The van der Waals surface area contributed by atoms with Crippen LogP contribution in [0.25, 0.3) is 0 Å². The van der Waals surface area contributed by atoms with Crippen LogP contribution in [0, 0.1) is 17.2 Å². The van der Waals surface area contributed by atoms with Crippen LogP contribution in [-0.4, -0.2) is 94.0 Å². The lowest BCUT2D eigenvalue weighted by Gasteiger charge is -2.38. The van der Waals surface area contributed by atoms with Crippen molar-refractivity contribution < 1.29 is 28.5 Å². The van der Waals surface area contributed by atoms with Crippen LogP contribution in [0.4, 0.5) is 0 Å². The molecule has 186 valence electrons. The number of amides is 2. The maximum Gasteiger partial charge on any atom is 0.257 e. The van der Waals surface area contributed by atoms with Crippen molar-refractivity contribution in [1.82, 2.24) is 9.80 Å². The zero-order valence-electron chi connectivity index (χ0n) is 20.7. The smallest absolute Gasteiger partial charge is 0.257 e. The van der Waals surface area contributed by atoms with Gasteiger partial charge in [-0.2, -0.15) is 5.26 Å². The first kappa shape index (κ1) is 25.9. The van der Waals surface area contributed by atoms with Gasteiger partial charge in [-0.3, -0.25) is 9.59 Å². The molecule has 1 fully saturated rings. The Labute approximate surface area is 201 Å². The number of benzene rings is 1. The summed E-state index contributed by atoms with van der Waals surface area (Å²) >= 11 is 0. The Hall–Kier alpha value is -2.67. The first-order valence-electron chi connectivity index (χ1n) is 11.7. The molecule has 9 nitrogen and oxygen atoms in total. The van der Waals surface area contributed by atoms with E-state index in [4.69, 9.17) is 18.9 Å². The molecule has 9 heteroatoms. The SMILES string of the molecule is CO[C@H]1CN(C)C(=O)c2cc(C#N)ccc2OCC[C@@H]2CC[C@@H](OC)[C@H](CN(C)C(=O)[C@H]1C)O2. The third-order valence-corrected chi connectivity index (χ3v) is 6.77. The predicted octanol–water partition coefficient (Wildman–Crippen LogP) is 2.08. The number of carbonyl (C=O) groups is 2. The molecule has 1 saturated heterocycles. The molecule has 0 spiro atoms. The minimum Gasteiger partial charge on any atom is -0.493 e. The third-order valence-electron chi connectivity index (χ3n) is 6.77. The van der Waals surface area contributed by atoms with Gasteiger partial charge in [-0.25, -0.2) is 0 Å². The second-order valence-electron chi connectivity index (χ2n) is 9.08. The van der Waals surface area contributed by atoms with Gasteiger partial charge in [-0.05, 0) is 31.0 Å². The molecule has 3 rings (SSSR count). The van der Waals surface area contributed by atoms with Crippen LogP contribution in [0.5, 0.6) is 5.75 Å². The molecule has 2 aliphatic rings. The zero-order chi connectivity index (χ0) is 24.8. The van der Waals surface area contributed by atoms with Gasteiger partial charge in [0.25, 0.3) is 5.91 Å². The van der Waals surface area contributed by atoms with Crippen molar-refractivity contribution in [3.05, 3.63) is 29.3 Å². The molecule has 34 heavy (non-hydrogen) atoms. The highest BCUT2D eigenvalue weighted by molar-refractivity contribution is 5.97. The molecule has 0 saturated carbocycles. The second-order valence-corrected chi connectivity index (χ2v) is 9.08. The molecule has 0 radical (unpaired) electrons. The number of nitriles is 1. The van der Waals surface area contributed by atoms with Gasteiger partial charge in [-0.15, -0.1) is 0 Å². The molecule has 1 aromatic rings. The van der Waals surface area contributed by atoms with Crippen LogP contribution in [0.1, 0.15) is 42.1 Å². The Morgan fingerprint density at radius 1 is 1.03 bits per heavy atom. The topological polar surface area (TPSA) is 101 Å². The molecule has 0 aliphatic carbocycles. The Morgan fingerprint density at radius 3 is 2.44 bits per heavy atom. The summed E-state index contributed by atoms with van der Waals surface area (Å²) in [7, 11) is 6.61. The fourth-order valence-electron chi connectivity index (χ4n) is 4.64. The summed E-state index contributed by atoms with van der Waals surface area (Å²) in [5.41, 5.74) is 0.678. The summed E-state index contributed by atoms with van der Waals surface area (Å²) in [6.45, 7) is 2.77. The number of hydrogen-bond donors (Lipinski definition) is 0. The van der Waals surface area contributed by atoms with E-state index in [0.717, 1.165) is 12.8 Å². The fraction of sp³-hybridized carbons (Fsp3) is 0.640. The highest BCUT2D eigenvalue weighted by atomic mass is 16.5. The lowest BCUT2D eigenvalue weighted by atomic mass is 9.97. The van der Waals surface area contributed by atoms with E-state index < -0.39 is 12.0 Å². The van der Waals surface area contributed by atoms with E-state index in [2.05, 4.69) is 6.07 Å². The van der Waals surface area contributed by atoms with Crippen LogP contribution < -0.4 is 4.74 Å². The number of fused-ring (bicyclic) bond motifs is 3. The normalized spacial score (nSPS) is 29.2. The van der Waals surface area contributed by atoms with E-state index >= 15 is 0 Å². The number of likely N-dealkylation sites (N-methyl/N-ethyl adjacent to an activating group) is 2.